The van der Waals surface area contributed by atoms with Gasteiger partial charge in [-0.25, -0.2) is 9.69 Å². The third-order valence-electron chi connectivity index (χ3n) is 4.03. The third kappa shape index (κ3) is 5.74. The van der Waals surface area contributed by atoms with Gasteiger partial charge in [-0.05, 0) is 48.0 Å². The topological polar surface area (TPSA) is 131 Å². The fraction of sp³-hybridized carbons (Fsp3) is 0.100. The SMILES string of the molecule is NC(=O)COc1ccc(C=C2NC(=O)N(CC(=O)Nc3ccc(Cl)cc3)C2=O)cc1Cl. The second-order valence-electron chi connectivity index (χ2n) is 6.38. The predicted octanol–water partition coefficient (Wildman–Crippen LogP) is 2.39. The number of benzene rings is 2. The Morgan fingerprint density at radius 1 is 1.13 bits per heavy atom. The highest BCUT2D eigenvalue weighted by Crippen LogP contribution is 2.27. The number of nitrogens with two attached hydrogens (primary N) is 1. The van der Waals surface area contributed by atoms with Gasteiger partial charge in [0, 0.05) is 10.7 Å². The van der Waals surface area contributed by atoms with Gasteiger partial charge in [0.15, 0.2) is 6.61 Å². The van der Waals surface area contributed by atoms with Gasteiger partial charge in [0.25, 0.3) is 11.8 Å². The first-order valence-electron chi connectivity index (χ1n) is 8.83. The van der Waals surface area contributed by atoms with Crippen molar-refractivity contribution in [1.82, 2.24) is 10.2 Å². The van der Waals surface area contributed by atoms with Gasteiger partial charge in [-0.1, -0.05) is 29.3 Å². The first kappa shape index (κ1) is 22.1. The highest BCUT2D eigenvalue weighted by molar-refractivity contribution is 6.32. The molecule has 4 N–H and O–H groups in total. The van der Waals surface area contributed by atoms with Gasteiger partial charge >= 0.3 is 6.03 Å². The molecule has 1 aliphatic rings. The minimum Gasteiger partial charge on any atom is -0.482 e. The van der Waals surface area contributed by atoms with Crippen LogP contribution in [-0.4, -0.2) is 41.8 Å². The zero-order valence-electron chi connectivity index (χ0n) is 15.9. The lowest BCUT2D eigenvalue weighted by atomic mass is 10.2. The maximum Gasteiger partial charge on any atom is 0.329 e. The van der Waals surface area contributed by atoms with Crippen LogP contribution in [0.1, 0.15) is 5.56 Å². The van der Waals surface area contributed by atoms with Crippen LogP contribution in [0.4, 0.5) is 10.5 Å². The molecule has 2 aromatic carbocycles. The summed E-state index contributed by atoms with van der Waals surface area (Å²) in [5.41, 5.74) is 5.97. The Labute approximate surface area is 186 Å². The number of carbonyl (C=O) groups excluding carboxylic acids is 4. The van der Waals surface area contributed by atoms with Gasteiger partial charge in [0.05, 0.1) is 5.02 Å². The average molecular weight is 463 g/mol. The van der Waals surface area contributed by atoms with Crippen molar-refractivity contribution in [1.29, 1.82) is 0 Å². The molecule has 2 aromatic rings. The molecule has 0 unspecified atom stereocenters. The van der Waals surface area contributed by atoms with Crippen molar-refractivity contribution in [2.24, 2.45) is 5.73 Å². The van der Waals surface area contributed by atoms with E-state index in [0.717, 1.165) is 4.90 Å². The Morgan fingerprint density at radius 3 is 2.48 bits per heavy atom. The zero-order chi connectivity index (χ0) is 22.5. The van der Waals surface area contributed by atoms with E-state index in [-0.39, 0.29) is 23.1 Å². The zero-order valence-corrected chi connectivity index (χ0v) is 17.4. The molecular formula is C20H16Cl2N4O5. The molecule has 11 heteroatoms. The number of anilines is 1. The molecule has 1 saturated heterocycles. The summed E-state index contributed by atoms with van der Waals surface area (Å²) in [5.74, 6) is -1.63. The van der Waals surface area contributed by atoms with Crippen LogP contribution in [0, 0.1) is 0 Å². The number of halogens is 2. The summed E-state index contributed by atoms with van der Waals surface area (Å²) >= 11 is 11.9. The van der Waals surface area contributed by atoms with Gasteiger partial charge < -0.3 is 21.1 Å². The van der Waals surface area contributed by atoms with Gasteiger partial charge in [-0.15, -0.1) is 0 Å². The molecule has 160 valence electrons. The molecule has 0 atom stereocenters. The molecule has 0 bridgehead atoms. The monoisotopic (exact) mass is 462 g/mol. The number of hydrogen-bond donors (Lipinski definition) is 3. The molecule has 9 nitrogen and oxygen atoms in total. The van der Waals surface area contributed by atoms with Crippen molar-refractivity contribution < 1.29 is 23.9 Å². The summed E-state index contributed by atoms with van der Waals surface area (Å²) in [5, 5.41) is 5.69. The van der Waals surface area contributed by atoms with E-state index in [4.69, 9.17) is 33.7 Å². The molecule has 1 fully saturated rings. The first-order chi connectivity index (χ1) is 14.7. The van der Waals surface area contributed by atoms with Crippen LogP contribution in [0.15, 0.2) is 48.2 Å². The van der Waals surface area contributed by atoms with Crippen LogP contribution >= 0.6 is 23.2 Å². The largest absolute Gasteiger partial charge is 0.482 e. The number of primary amides is 1. The standard InChI is InChI=1S/C20H16Cl2N4O5/c21-12-2-4-13(5-3-12)24-18(28)9-26-19(29)15(25-20(26)30)8-11-1-6-16(14(22)7-11)31-10-17(23)27/h1-8H,9-10H2,(H2,23,27)(H,24,28)(H,25,30). The fourth-order valence-electron chi connectivity index (χ4n) is 2.63. The Balaban J connectivity index is 1.67. The Hall–Kier alpha value is -3.56. The summed E-state index contributed by atoms with van der Waals surface area (Å²) in [6, 6.07) is 10.2. The summed E-state index contributed by atoms with van der Waals surface area (Å²) in [4.78, 5) is 48.5. The Morgan fingerprint density at radius 2 is 1.84 bits per heavy atom. The van der Waals surface area contributed by atoms with Gasteiger partial charge in [-0.3, -0.25) is 14.4 Å². The van der Waals surface area contributed by atoms with Crippen LogP contribution in [0.5, 0.6) is 5.75 Å². The average Bonchev–Trinajstić information content (AvgIpc) is 2.96. The maximum absolute atomic E-state index is 12.5. The lowest BCUT2D eigenvalue weighted by Gasteiger charge is -2.12. The van der Waals surface area contributed by atoms with Crippen LogP contribution < -0.4 is 21.1 Å². The molecule has 0 aromatic heterocycles. The van der Waals surface area contributed by atoms with E-state index in [1.165, 1.54) is 18.2 Å². The van der Waals surface area contributed by atoms with Crippen molar-refractivity contribution in [3.8, 4) is 5.75 Å². The van der Waals surface area contributed by atoms with Crippen molar-refractivity contribution in [3.05, 3.63) is 63.8 Å². The summed E-state index contributed by atoms with van der Waals surface area (Å²) < 4.78 is 5.15. The van der Waals surface area contributed by atoms with Crippen molar-refractivity contribution in [2.45, 2.75) is 0 Å². The molecule has 0 spiro atoms. The number of rotatable bonds is 7. The van der Waals surface area contributed by atoms with E-state index in [9.17, 15) is 19.2 Å². The number of imide groups is 1. The van der Waals surface area contributed by atoms with E-state index in [1.54, 1.807) is 30.3 Å². The predicted molar refractivity (Wildman–Crippen MR) is 114 cm³/mol. The van der Waals surface area contributed by atoms with Gasteiger partial charge in [0.2, 0.25) is 5.91 Å². The van der Waals surface area contributed by atoms with Crippen LogP contribution in [0.3, 0.4) is 0 Å². The molecule has 5 amide bonds. The Bertz CT molecular complexity index is 1090. The number of ether oxygens (including phenoxy) is 1. The summed E-state index contributed by atoms with van der Waals surface area (Å²) in [6.45, 7) is -0.799. The van der Waals surface area contributed by atoms with E-state index >= 15 is 0 Å². The normalized spacial score (nSPS) is 14.5. The van der Waals surface area contributed by atoms with E-state index in [2.05, 4.69) is 10.6 Å². The second-order valence-corrected chi connectivity index (χ2v) is 7.22. The van der Waals surface area contributed by atoms with Crippen molar-refractivity contribution in [3.63, 3.8) is 0 Å². The minimum atomic E-state index is -0.727. The smallest absolute Gasteiger partial charge is 0.329 e. The van der Waals surface area contributed by atoms with Crippen molar-refractivity contribution in [2.75, 3.05) is 18.5 Å². The number of urea groups is 1. The molecule has 1 heterocycles. The van der Waals surface area contributed by atoms with E-state index in [0.29, 0.717) is 16.3 Å². The number of amides is 5. The first-order valence-corrected chi connectivity index (χ1v) is 9.59. The van der Waals surface area contributed by atoms with Gasteiger partial charge in [0.1, 0.15) is 18.0 Å². The molecule has 31 heavy (non-hydrogen) atoms. The molecule has 3 rings (SSSR count). The van der Waals surface area contributed by atoms with E-state index < -0.39 is 30.3 Å². The third-order valence-corrected chi connectivity index (χ3v) is 4.58. The molecule has 0 radical (unpaired) electrons. The maximum atomic E-state index is 12.5. The molecule has 0 aliphatic carbocycles. The lowest BCUT2D eigenvalue weighted by Crippen LogP contribution is -2.38. The van der Waals surface area contributed by atoms with Crippen LogP contribution in [0.25, 0.3) is 6.08 Å². The number of hydrogen-bond acceptors (Lipinski definition) is 5. The summed E-state index contributed by atoms with van der Waals surface area (Å²) in [7, 11) is 0. The molecule has 1 aliphatic heterocycles. The number of carbonyl (C=O) groups is 4. The second kappa shape index (κ2) is 9.50. The fourth-order valence-corrected chi connectivity index (χ4v) is 3.00. The molecule has 0 saturated carbocycles. The van der Waals surface area contributed by atoms with Crippen molar-refractivity contribution >= 4 is 58.7 Å². The number of nitrogens with zero attached hydrogens (tertiary/aromatic N) is 1. The lowest BCUT2D eigenvalue weighted by molar-refractivity contribution is -0.127. The minimum absolute atomic E-state index is 0.0221. The summed E-state index contributed by atoms with van der Waals surface area (Å²) in [6.07, 6.45) is 1.40. The quantitative estimate of drug-likeness (QED) is 0.429. The van der Waals surface area contributed by atoms with Crippen LogP contribution in [-0.2, 0) is 14.4 Å². The van der Waals surface area contributed by atoms with E-state index in [1.807, 2.05) is 0 Å². The number of nitrogens with one attached hydrogen (secondary N) is 2. The Kier molecular flexibility index (Phi) is 6.78. The van der Waals surface area contributed by atoms with Crippen LogP contribution in [0.2, 0.25) is 10.0 Å². The van der Waals surface area contributed by atoms with Gasteiger partial charge in [-0.2, -0.15) is 0 Å². The molecular weight excluding hydrogens is 447 g/mol. The highest BCUT2D eigenvalue weighted by Gasteiger charge is 2.34. The highest BCUT2D eigenvalue weighted by atomic mass is 35.5.